The standard InChI is InChI=1S/C26H39N7.HI/c1-19-30-31-25(32(19)2)17-27-26(28-21-11-7-4-8-12-21)29-22-15-23-13-14-24(16-22)33(23)18-20-9-5-3-6-10-20;/h3,5-6,9-10,21-24H,4,7-8,11-18H2,1-2H3,(H2,27,28,29);1H. The number of piperidine rings is 1. The van der Waals surface area contributed by atoms with E-state index in [-0.39, 0.29) is 24.0 Å². The molecule has 1 saturated carbocycles. The SMILES string of the molecule is Cc1nnc(CN=C(NC2CCCCC2)NC2CC3CCC(C2)N3Cc2ccccc2)n1C.I. The average Bonchev–Trinajstić information content (AvgIpc) is 3.27. The lowest BCUT2D eigenvalue weighted by molar-refractivity contribution is 0.114. The Morgan fingerprint density at radius 1 is 0.941 bits per heavy atom. The summed E-state index contributed by atoms with van der Waals surface area (Å²) in [6.45, 7) is 3.62. The van der Waals surface area contributed by atoms with Crippen molar-refractivity contribution in [3.63, 3.8) is 0 Å². The molecule has 2 saturated heterocycles. The number of guanidine groups is 1. The van der Waals surface area contributed by atoms with Crippen molar-refractivity contribution in [1.82, 2.24) is 30.3 Å². The van der Waals surface area contributed by atoms with Gasteiger partial charge in [0.2, 0.25) is 0 Å². The number of nitrogens with one attached hydrogen (secondary N) is 2. The Balaban J connectivity index is 0.00000274. The minimum Gasteiger partial charge on any atom is -0.354 e. The quantitative estimate of drug-likeness (QED) is 0.305. The molecule has 2 unspecified atom stereocenters. The fourth-order valence-electron chi connectivity index (χ4n) is 5.95. The van der Waals surface area contributed by atoms with Crippen LogP contribution in [0.4, 0.5) is 0 Å². The van der Waals surface area contributed by atoms with Crippen molar-refractivity contribution < 1.29 is 0 Å². The third-order valence-corrected chi connectivity index (χ3v) is 7.94. The summed E-state index contributed by atoms with van der Waals surface area (Å²) in [7, 11) is 2.02. The zero-order valence-electron chi connectivity index (χ0n) is 20.6. The molecule has 5 rings (SSSR count). The van der Waals surface area contributed by atoms with Gasteiger partial charge in [0.15, 0.2) is 11.8 Å². The lowest BCUT2D eigenvalue weighted by Crippen LogP contribution is -2.54. The molecule has 2 atom stereocenters. The van der Waals surface area contributed by atoms with E-state index in [1.807, 2.05) is 18.5 Å². The normalized spacial score (nSPS) is 25.7. The highest BCUT2D eigenvalue weighted by atomic mass is 127. The van der Waals surface area contributed by atoms with E-state index in [1.165, 1.54) is 63.4 Å². The Kier molecular flexibility index (Phi) is 8.85. The molecule has 2 N–H and O–H groups in total. The molecule has 2 aromatic rings. The molecule has 2 aliphatic heterocycles. The molecule has 1 aromatic carbocycles. The van der Waals surface area contributed by atoms with E-state index in [0.717, 1.165) is 24.2 Å². The first kappa shape index (κ1) is 25.4. The summed E-state index contributed by atoms with van der Waals surface area (Å²) in [6.07, 6.45) is 11.5. The van der Waals surface area contributed by atoms with E-state index in [4.69, 9.17) is 4.99 Å². The second kappa shape index (κ2) is 11.8. The fraction of sp³-hybridized carbons (Fsp3) is 0.654. The van der Waals surface area contributed by atoms with Gasteiger partial charge in [0.1, 0.15) is 12.4 Å². The summed E-state index contributed by atoms with van der Waals surface area (Å²) in [5.74, 6) is 2.80. The molecule has 2 bridgehead atoms. The Morgan fingerprint density at radius 2 is 1.62 bits per heavy atom. The van der Waals surface area contributed by atoms with Gasteiger partial charge >= 0.3 is 0 Å². The van der Waals surface area contributed by atoms with E-state index in [2.05, 4.69) is 56.1 Å². The van der Waals surface area contributed by atoms with Gasteiger partial charge in [-0.25, -0.2) is 4.99 Å². The molecule has 1 aliphatic carbocycles. The Bertz CT molecular complexity index is 924. The van der Waals surface area contributed by atoms with Gasteiger partial charge in [0, 0.05) is 37.8 Å². The predicted octanol–water partition coefficient (Wildman–Crippen LogP) is 4.31. The van der Waals surface area contributed by atoms with Crippen LogP contribution in [-0.4, -0.2) is 49.8 Å². The van der Waals surface area contributed by atoms with Crippen LogP contribution in [0.3, 0.4) is 0 Å². The summed E-state index contributed by atoms with van der Waals surface area (Å²) in [6, 6.07) is 13.3. The number of hydrogen-bond donors (Lipinski definition) is 2. The van der Waals surface area contributed by atoms with E-state index in [0.29, 0.717) is 30.7 Å². The molecular weight excluding hydrogens is 537 g/mol. The van der Waals surface area contributed by atoms with Crippen LogP contribution in [0.25, 0.3) is 0 Å². The Morgan fingerprint density at radius 3 is 2.26 bits per heavy atom. The molecule has 3 fully saturated rings. The zero-order chi connectivity index (χ0) is 22.6. The van der Waals surface area contributed by atoms with Gasteiger partial charge < -0.3 is 15.2 Å². The topological polar surface area (TPSA) is 70.4 Å². The number of rotatable bonds is 6. The maximum Gasteiger partial charge on any atom is 0.192 e. The van der Waals surface area contributed by atoms with E-state index in [9.17, 15) is 0 Å². The van der Waals surface area contributed by atoms with E-state index >= 15 is 0 Å². The van der Waals surface area contributed by atoms with E-state index < -0.39 is 0 Å². The second-order valence-corrected chi connectivity index (χ2v) is 10.2. The maximum absolute atomic E-state index is 4.97. The molecule has 3 aliphatic rings. The molecule has 186 valence electrons. The van der Waals surface area contributed by atoms with Crippen molar-refractivity contribution in [1.29, 1.82) is 0 Å². The maximum atomic E-state index is 4.97. The molecule has 0 amide bonds. The average molecular weight is 578 g/mol. The first-order valence-corrected chi connectivity index (χ1v) is 12.9. The lowest BCUT2D eigenvalue weighted by Gasteiger charge is -2.40. The van der Waals surface area contributed by atoms with Gasteiger partial charge in [0.25, 0.3) is 0 Å². The largest absolute Gasteiger partial charge is 0.354 e. The molecule has 1 aromatic heterocycles. The lowest BCUT2D eigenvalue weighted by atomic mass is 9.95. The highest BCUT2D eigenvalue weighted by molar-refractivity contribution is 14.0. The predicted molar refractivity (Wildman–Crippen MR) is 147 cm³/mol. The summed E-state index contributed by atoms with van der Waals surface area (Å²) in [5, 5.41) is 16.1. The number of aliphatic imine (C=N–C) groups is 1. The molecule has 7 nitrogen and oxygen atoms in total. The number of hydrogen-bond acceptors (Lipinski definition) is 4. The van der Waals surface area contributed by atoms with Gasteiger partial charge in [-0.05, 0) is 51.0 Å². The summed E-state index contributed by atoms with van der Waals surface area (Å²) in [4.78, 5) is 7.72. The minimum atomic E-state index is 0. The van der Waals surface area contributed by atoms with Gasteiger partial charge in [-0.15, -0.1) is 34.2 Å². The molecule has 3 heterocycles. The van der Waals surface area contributed by atoms with Crippen LogP contribution in [0.1, 0.15) is 75.0 Å². The van der Waals surface area contributed by atoms with Crippen LogP contribution in [0, 0.1) is 6.92 Å². The first-order valence-electron chi connectivity index (χ1n) is 12.9. The van der Waals surface area contributed by atoms with E-state index in [1.54, 1.807) is 0 Å². The summed E-state index contributed by atoms with van der Waals surface area (Å²) in [5.41, 5.74) is 1.43. The summed E-state index contributed by atoms with van der Waals surface area (Å²) >= 11 is 0. The molecule has 0 spiro atoms. The van der Waals surface area contributed by atoms with Crippen LogP contribution < -0.4 is 10.6 Å². The van der Waals surface area contributed by atoms with Gasteiger partial charge in [-0.2, -0.15) is 0 Å². The Labute approximate surface area is 221 Å². The van der Waals surface area contributed by atoms with Gasteiger partial charge in [-0.3, -0.25) is 4.90 Å². The minimum absolute atomic E-state index is 0. The van der Waals surface area contributed by atoms with Crippen molar-refractivity contribution in [2.45, 2.75) is 102 Å². The molecule has 0 radical (unpaired) electrons. The zero-order valence-corrected chi connectivity index (χ0v) is 22.9. The summed E-state index contributed by atoms with van der Waals surface area (Å²) < 4.78 is 2.03. The first-order chi connectivity index (χ1) is 16.2. The van der Waals surface area contributed by atoms with Crippen molar-refractivity contribution in [2.75, 3.05) is 0 Å². The fourth-order valence-corrected chi connectivity index (χ4v) is 5.95. The van der Waals surface area contributed by atoms with Gasteiger partial charge in [-0.1, -0.05) is 49.6 Å². The van der Waals surface area contributed by atoms with Crippen LogP contribution in [0.15, 0.2) is 35.3 Å². The monoisotopic (exact) mass is 577 g/mol. The highest BCUT2D eigenvalue weighted by Gasteiger charge is 2.40. The number of aromatic nitrogens is 3. The smallest absolute Gasteiger partial charge is 0.192 e. The molecule has 34 heavy (non-hydrogen) atoms. The number of nitrogens with zero attached hydrogens (tertiary/aromatic N) is 5. The number of aryl methyl sites for hydroxylation is 1. The number of halogens is 1. The van der Waals surface area contributed by atoms with Crippen LogP contribution >= 0.6 is 24.0 Å². The number of benzene rings is 1. The van der Waals surface area contributed by atoms with Crippen LogP contribution in [-0.2, 0) is 20.1 Å². The van der Waals surface area contributed by atoms with Crippen molar-refractivity contribution in [3.05, 3.63) is 47.5 Å². The highest BCUT2D eigenvalue weighted by Crippen LogP contribution is 2.36. The van der Waals surface area contributed by atoms with Gasteiger partial charge in [0.05, 0.1) is 0 Å². The van der Waals surface area contributed by atoms with Crippen molar-refractivity contribution in [3.8, 4) is 0 Å². The third kappa shape index (κ3) is 6.11. The van der Waals surface area contributed by atoms with Crippen molar-refractivity contribution in [2.24, 2.45) is 12.0 Å². The van der Waals surface area contributed by atoms with Crippen LogP contribution in [0.5, 0.6) is 0 Å². The molecule has 8 heteroatoms. The third-order valence-electron chi connectivity index (χ3n) is 7.94. The van der Waals surface area contributed by atoms with Crippen molar-refractivity contribution >= 4 is 29.9 Å². The molecular formula is C26H40IN7. The van der Waals surface area contributed by atoms with Crippen LogP contribution in [0.2, 0.25) is 0 Å². The second-order valence-electron chi connectivity index (χ2n) is 10.2. The Hall–Kier alpha value is -1.68. The number of fused-ring (bicyclic) bond motifs is 2.